The summed E-state index contributed by atoms with van der Waals surface area (Å²) in [6.07, 6.45) is 0. The van der Waals surface area contributed by atoms with Crippen molar-refractivity contribution in [3.05, 3.63) is 42.2 Å². The van der Waals surface area contributed by atoms with E-state index in [-0.39, 0.29) is 11.4 Å². The fourth-order valence-electron chi connectivity index (χ4n) is 1.50. The highest BCUT2D eigenvalue weighted by Crippen LogP contribution is 2.17. The van der Waals surface area contributed by atoms with E-state index in [9.17, 15) is 4.79 Å². The van der Waals surface area contributed by atoms with Crippen molar-refractivity contribution < 1.29 is 9.53 Å². The quantitative estimate of drug-likeness (QED) is 0.595. The molecule has 6 nitrogen and oxygen atoms in total. The monoisotopic (exact) mass is 244 g/mol. The first-order chi connectivity index (χ1) is 8.63. The molecule has 2 aromatic rings. The highest BCUT2D eigenvalue weighted by atomic mass is 16.5. The molecule has 0 fully saturated rings. The van der Waals surface area contributed by atoms with Gasteiger partial charge in [0.15, 0.2) is 11.6 Å². The maximum Gasteiger partial charge on any atom is 0.196 e. The molecule has 0 saturated carbocycles. The minimum absolute atomic E-state index is 0.212. The van der Waals surface area contributed by atoms with Crippen molar-refractivity contribution in [1.82, 2.24) is 20.2 Å². The second kappa shape index (κ2) is 4.79. The number of allylic oxidation sites excluding steroid dienone is 1. The molecule has 0 bridgehead atoms. The lowest BCUT2D eigenvalue weighted by Crippen LogP contribution is -2.07. The molecule has 6 heteroatoms. The Labute approximate surface area is 104 Å². The molecule has 1 heterocycles. The summed E-state index contributed by atoms with van der Waals surface area (Å²) in [7, 11) is 3.23. The van der Waals surface area contributed by atoms with Crippen LogP contribution in [0.3, 0.4) is 0 Å². The fourth-order valence-corrected chi connectivity index (χ4v) is 1.50. The molecule has 1 aromatic heterocycles. The zero-order chi connectivity index (χ0) is 13.1. The third kappa shape index (κ3) is 2.13. The molecule has 0 N–H and O–H groups in total. The zero-order valence-corrected chi connectivity index (χ0v) is 10.1. The summed E-state index contributed by atoms with van der Waals surface area (Å²) in [5.74, 6) is 0.837. The van der Waals surface area contributed by atoms with E-state index in [1.807, 2.05) is 0 Å². The van der Waals surface area contributed by atoms with Gasteiger partial charge in [-0.3, -0.25) is 4.79 Å². The maximum absolute atomic E-state index is 12.1. The van der Waals surface area contributed by atoms with Crippen molar-refractivity contribution in [1.29, 1.82) is 0 Å². The van der Waals surface area contributed by atoms with Crippen molar-refractivity contribution in [3.8, 4) is 5.75 Å². The highest BCUT2D eigenvalue weighted by molar-refractivity contribution is 6.27. The van der Waals surface area contributed by atoms with Crippen LogP contribution in [0, 0.1) is 0 Å². The Morgan fingerprint density at radius 1 is 1.33 bits per heavy atom. The number of ether oxygens (including phenoxy) is 1. The van der Waals surface area contributed by atoms with Crippen LogP contribution in [-0.4, -0.2) is 33.1 Å². The molecule has 0 aliphatic heterocycles. The Morgan fingerprint density at radius 3 is 2.50 bits per heavy atom. The smallest absolute Gasteiger partial charge is 0.196 e. The molecule has 1 aromatic carbocycles. The van der Waals surface area contributed by atoms with Gasteiger partial charge in [-0.15, -0.1) is 5.10 Å². The van der Waals surface area contributed by atoms with E-state index < -0.39 is 0 Å². The van der Waals surface area contributed by atoms with E-state index in [2.05, 4.69) is 22.1 Å². The van der Waals surface area contributed by atoms with E-state index in [1.54, 1.807) is 38.4 Å². The number of aryl methyl sites for hydroxylation is 1. The number of ketones is 1. The lowest BCUT2D eigenvalue weighted by atomic mass is 10.0. The van der Waals surface area contributed by atoms with Crippen LogP contribution in [0.5, 0.6) is 5.75 Å². The van der Waals surface area contributed by atoms with Gasteiger partial charge in [0.05, 0.1) is 12.7 Å². The molecular weight excluding hydrogens is 232 g/mol. The number of hydrogen-bond donors (Lipinski definition) is 0. The van der Waals surface area contributed by atoms with Crippen molar-refractivity contribution in [3.63, 3.8) is 0 Å². The van der Waals surface area contributed by atoms with Gasteiger partial charge >= 0.3 is 0 Å². The number of aromatic nitrogens is 4. The molecule has 0 saturated heterocycles. The number of rotatable bonds is 4. The first-order valence-electron chi connectivity index (χ1n) is 5.24. The number of carbonyl (C=O) groups excluding carboxylic acids is 1. The second-order valence-corrected chi connectivity index (χ2v) is 3.66. The third-order valence-electron chi connectivity index (χ3n) is 2.52. The predicted octanol–water partition coefficient (Wildman–Crippen LogP) is 1.11. The largest absolute Gasteiger partial charge is 0.497 e. The van der Waals surface area contributed by atoms with Crippen LogP contribution in [-0.2, 0) is 7.05 Å². The summed E-state index contributed by atoms with van der Waals surface area (Å²) in [5, 5.41) is 10.9. The van der Waals surface area contributed by atoms with Gasteiger partial charge in [0.1, 0.15) is 5.75 Å². The van der Waals surface area contributed by atoms with E-state index in [0.29, 0.717) is 17.1 Å². The molecule has 0 amide bonds. The predicted molar refractivity (Wildman–Crippen MR) is 65.2 cm³/mol. The number of hydrogen-bond acceptors (Lipinski definition) is 5. The molecule has 0 aliphatic rings. The third-order valence-corrected chi connectivity index (χ3v) is 2.52. The van der Waals surface area contributed by atoms with Crippen molar-refractivity contribution >= 4 is 11.4 Å². The van der Waals surface area contributed by atoms with E-state index >= 15 is 0 Å². The number of benzene rings is 1. The minimum atomic E-state index is -0.212. The van der Waals surface area contributed by atoms with Gasteiger partial charge in [0, 0.05) is 12.6 Å². The average Bonchev–Trinajstić information content (AvgIpc) is 2.83. The number of tetrazole rings is 1. The topological polar surface area (TPSA) is 69.9 Å². The fraction of sp³-hybridized carbons (Fsp3) is 0.167. The van der Waals surface area contributed by atoms with Gasteiger partial charge in [-0.25, -0.2) is 4.68 Å². The number of Topliss-reactive ketones (excluding diaryl/α,β-unsaturated/α-hetero) is 1. The summed E-state index contributed by atoms with van der Waals surface area (Å²) in [6.45, 7) is 3.73. The van der Waals surface area contributed by atoms with Gasteiger partial charge < -0.3 is 4.74 Å². The number of carbonyl (C=O) groups is 1. The van der Waals surface area contributed by atoms with Crippen LogP contribution in [0.2, 0.25) is 0 Å². The van der Waals surface area contributed by atoms with Crippen LogP contribution in [0.4, 0.5) is 0 Å². The van der Waals surface area contributed by atoms with Crippen molar-refractivity contribution in [2.24, 2.45) is 7.05 Å². The standard InChI is InChI=1S/C12H12N4O2/c1-8(12-13-14-15-16(12)2)11(17)9-4-6-10(18-3)7-5-9/h4-7H,1H2,2-3H3. The van der Waals surface area contributed by atoms with Gasteiger partial charge in [0.2, 0.25) is 0 Å². The number of nitrogens with zero attached hydrogens (tertiary/aromatic N) is 4. The van der Waals surface area contributed by atoms with Gasteiger partial charge in [-0.2, -0.15) is 0 Å². The second-order valence-electron chi connectivity index (χ2n) is 3.66. The molecule has 0 aliphatic carbocycles. The van der Waals surface area contributed by atoms with Crippen molar-refractivity contribution in [2.75, 3.05) is 7.11 Å². The molecule has 0 unspecified atom stereocenters. The number of methoxy groups -OCH3 is 1. The summed E-state index contributed by atoms with van der Waals surface area (Å²) in [4.78, 5) is 12.1. The van der Waals surface area contributed by atoms with Crippen LogP contribution in [0.25, 0.3) is 5.57 Å². The van der Waals surface area contributed by atoms with Crippen LogP contribution in [0.1, 0.15) is 16.2 Å². The molecular formula is C12H12N4O2. The van der Waals surface area contributed by atoms with Crippen LogP contribution in [0.15, 0.2) is 30.8 Å². The van der Waals surface area contributed by atoms with E-state index in [1.165, 1.54) is 4.68 Å². The first kappa shape index (κ1) is 12.0. The lowest BCUT2D eigenvalue weighted by Gasteiger charge is -2.04. The Bertz CT molecular complexity index is 586. The molecule has 0 atom stereocenters. The SMILES string of the molecule is C=C(C(=O)c1ccc(OC)cc1)c1nnnn1C. The normalized spacial score (nSPS) is 10.1. The highest BCUT2D eigenvalue weighted by Gasteiger charge is 2.16. The van der Waals surface area contributed by atoms with Crippen LogP contribution >= 0.6 is 0 Å². The van der Waals surface area contributed by atoms with Gasteiger partial charge in [-0.1, -0.05) is 6.58 Å². The van der Waals surface area contributed by atoms with E-state index in [4.69, 9.17) is 4.74 Å². The molecule has 0 radical (unpaired) electrons. The Kier molecular flexibility index (Phi) is 3.18. The maximum atomic E-state index is 12.1. The Morgan fingerprint density at radius 2 is 2.00 bits per heavy atom. The summed E-state index contributed by atoms with van der Waals surface area (Å²) >= 11 is 0. The first-order valence-corrected chi connectivity index (χ1v) is 5.24. The van der Waals surface area contributed by atoms with Crippen LogP contribution < -0.4 is 4.74 Å². The molecule has 2 rings (SSSR count). The molecule has 92 valence electrons. The average molecular weight is 244 g/mol. The van der Waals surface area contributed by atoms with Gasteiger partial charge in [-0.05, 0) is 34.7 Å². The molecule has 18 heavy (non-hydrogen) atoms. The summed E-state index contributed by atoms with van der Waals surface area (Å²) < 4.78 is 6.44. The Hall–Kier alpha value is -2.50. The Balaban J connectivity index is 2.26. The minimum Gasteiger partial charge on any atom is -0.497 e. The lowest BCUT2D eigenvalue weighted by molar-refractivity contribution is 0.105. The zero-order valence-electron chi connectivity index (χ0n) is 10.1. The molecule has 0 spiro atoms. The van der Waals surface area contributed by atoms with Crippen molar-refractivity contribution in [2.45, 2.75) is 0 Å². The van der Waals surface area contributed by atoms with Gasteiger partial charge in [0.25, 0.3) is 0 Å². The van der Waals surface area contributed by atoms with E-state index in [0.717, 1.165) is 0 Å². The summed E-state index contributed by atoms with van der Waals surface area (Å²) in [6, 6.07) is 6.79. The summed E-state index contributed by atoms with van der Waals surface area (Å²) in [5.41, 5.74) is 0.775.